The summed E-state index contributed by atoms with van der Waals surface area (Å²) in [4.78, 5) is 48.3. The molecule has 2 fully saturated rings. The van der Waals surface area contributed by atoms with Crippen molar-refractivity contribution >= 4 is 46.0 Å². The number of aromatic nitrogens is 3. The van der Waals surface area contributed by atoms with Crippen LogP contribution in [0.15, 0.2) is 65.8 Å². The largest absolute Gasteiger partial charge is 0.444 e. The minimum Gasteiger partial charge on any atom is -0.444 e. The van der Waals surface area contributed by atoms with Crippen LogP contribution in [0.5, 0.6) is 0 Å². The van der Waals surface area contributed by atoms with E-state index in [1.807, 2.05) is 66.6 Å². The quantitative estimate of drug-likeness (QED) is 0.314. The molecule has 238 valence electrons. The normalized spacial score (nSPS) is 20.4. The highest BCUT2D eigenvalue weighted by atomic mass is 35.5. The Morgan fingerprint density at radius 3 is 2.47 bits per heavy atom. The van der Waals surface area contributed by atoms with Crippen molar-refractivity contribution in [2.24, 2.45) is 5.92 Å². The van der Waals surface area contributed by atoms with Crippen LogP contribution in [0.1, 0.15) is 51.5 Å². The molecular weight excluding hydrogens is 614 g/mol. The second-order valence-corrected chi connectivity index (χ2v) is 14.8. The number of hydrogen-bond acceptors (Lipinski definition) is 7. The van der Waals surface area contributed by atoms with Crippen LogP contribution in [-0.4, -0.2) is 78.4 Å². The Morgan fingerprint density at radius 1 is 1.07 bits per heavy atom. The number of likely N-dealkylation sites (tertiary alicyclic amines) is 2. The van der Waals surface area contributed by atoms with Crippen LogP contribution in [0.4, 0.5) is 4.79 Å². The standard InChI is InChI=1S/C33H38ClN5O5S/c1-32(2,3)44-31(42)37-15-11-23(25(19-37)22-7-5-4-6-8-22)29(40)36-17-13-33(43,14-18-36)20-38-21-35-28-24(30(38)41)12-16-39(28)27-10-9-26(34)45-27/h4-10,12,16,21,23,25,43H,11,13-15,17-20H2,1-3H3/t23-,25+/m1/s1. The molecule has 0 bridgehead atoms. The molecule has 0 aliphatic carbocycles. The first-order valence-electron chi connectivity index (χ1n) is 15.3. The summed E-state index contributed by atoms with van der Waals surface area (Å²) in [5.74, 6) is -0.437. The number of benzene rings is 1. The van der Waals surface area contributed by atoms with Gasteiger partial charge in [0, 0.05) is 44.2 Å². The SMILES string of the molecule is CC(C)(C)OC(=O)N1CC[C@@H](C(=O)N2CCC(O)(Cn3cnc4c(ccn4-c4ccc(Cl)s4)c3=O)CC2)[C@H](c2ccccc2)C1. The lowest BCUT2D eigenvalue weighted by Crippen LogP contribution is -2.53. The Kier molecular flexibility index (Phi) is 8.53. The summed E-state index contributed by atoms with van der Waals surface area (Å²) in [6.45, 7) is 7.22. The highest BCUT2D eigenvalue weighted by Gasteiger charge is 2.42. The molecule has 6 rings (SSSR count). The number of rotatable bonds is 5. The van der Waals surface area contributed by atoms with Gasteiger partial charge in [-0.1, -0.05) is 41.9 Å². The summed E-state index contributed by atoms with van der Waals surface area (Å²) in [7, 11) is 0. The zero-order chi connectivity index (χ0) is 31.9. The lowest BCUT2D eigenvalue weighted by molar-refractivity contribution is -0.142. The lowest BCUT2D eigenvalue weighted by atomic mass is 9.79. The molecule has 12 heteroatoms. The van der Waals surface area contributed by atoms with Gasteiger partial charge < -0.3 is 19.6 Å². The van der Waals surface area contributed by atoms with Gasteiger partial charge in [0.05, 0.1) is 21.9 Å². The molecule has 2 aliphatic rings. The summed E-state index contributed by atoms with van der Waals surface area (Å²) in [6, 6.07) is 15.3. The van der Waals surface area contributed by atoms with Crippen molar-refractivity contribution in [2.75, 3.05) is 26.2 Å². The Hall–Kier alpha value is -3.67. The van der Waals surface area contributed by atoms with Crippen molar-refractivity contribution in [1.82, 2.24) is 23.9 Å². The second-order valence-electron chi connectivity index (χ2n) is 13.1. The zero-order valence-electron chi connectivity index (χ0n) is 25.7. The molecule has 1 N–H and O–H groups in total. The first-order valence-corrected chi connectivity index (χ1v) is 16.5. The molecule has 0 radical (unpaired) electrons. The van der Waals surface area contributed by atoms with Crippen molar-refractivity contribution in [3.05, 3.63) is 81.3 Å². The van der Waals surface area contributed by atoms with Crippen LogP contribution >= 0.6 is 22.9 Å². The lowest BCUT2D eigenvalue weighted by Gasteiger charge is -2.43. The van der Waals surface area contributed by atoms with Crippen molar-refractivity contribution < 1.29 is 19.4 Å². The molecule has 4 aromatic rings. The maximum Gasteiger partial charge on any atom is 0.410 e. The monoisotopic (exact) mass is 651 g/mol. The molecular formula is C33H38ClN5O5S. The van der Waals surface area contributed by atoms with E-state index in [2.05, 4.69) is 4.98 Å². The van der Waals surface area contributed by atoms with E-state index >= 15 is 0 Å². The summed E-state index contributed by atoms with van der Waals surface area (Å²) in [5, 5.41) is 12.9. The number of carbonyl (C=O) groups excluding carboxylic acids is 2. The van der Waals surface area contributed by atoms with E-state index in [1.165, 1.54) is 22.2 Å². The molecule has 5 heterocycles. The van der Waals surface area contributed by atoms with Gasteiger partial charge >= 0.3 is 6.09 Å². The van der Waals surface area contributed by atoms with E-state index in [-0.39, 0.29) is 35.9 Å². The number of piperidine rings is 2. The van der Waals surface area contributed by atoms with E-state index in [0.717, 1.165) is 10.6 Å². The topological polar surface area (TPSA) is 110 Å². The minimum absolute atomic E-state index is 0.0324. The predicted octanol–water partition coefficient (Wildman–Crippen LogP) is 5.30. The van der Waals surface area contributed by atoms with Crippen LogP contribution in [0.25, 0.3) is 16.0 Å². The third-order valence-electron chi connectivity index (χ3n) is 8.75. The summed E-state index contributed by atoms with van der Waals surface area (Å²) in [6.07, 6.45) is 4.11. The third kappa shape index (κ3) is 6.66. The molecule has 2 amide bonds. The first kappa shape index (κ1) is 31.3. The van der Waals surface area contributed by atoms with Crippen LogP contribution in [0.3, 0.4) is 0 Å². The summed E-state index contributed by atoms with van der Waals surface area (Å²) in [5.41, 5.74) is -0.439. The fourth-order valence-electron chi connectivity index (χ4n) is 6.41. The smallest absolute Gasteiger partial charge is 0.410 e. The molecule has 3 aromatic heterocycles. The maximum atomic E-state index is 14.0. The van der Waals surface area contributed by atoms with Crippen LogP contribution in [0.2, 0.25) is 4.34 Å². The Morgan fingerprint density at radius 2 is 1.80 bits per heavy atom. The number of aliphatic hydroxyl groups is 1. The number of halogens is 1. The number of fused-ring (bicyclic) bond motifs is 1. The van der Waals surface area contributed by atoms with Gasteiger partial charge in [-0.3, -0.25) is 18.7 Å². The average Bonchev–Trinajstić information content (AvgIpc) is 3.64. The molecule has 0 saturated carbocycles. The van der Waals surface area contributed by atoms with Gasteiger partial charge in [0.1, 0.15) is 16.9 Å². The van der Waals surface area contributed by atoms with Crippen molar-refractivity contribution in [3.63, 3.8) is 0 Å². The van der Waals surface area contributed by atoms with Crippen LogP contribution < -0.4 is 5.56 Å². The van der Waals surface area contributed by atoms with Crippen molar-refractivity contribution in [2.45, 2.75) is 63.7 Å². The van der Waals surface area contributed by atoms with Gasteiger partial charge in [-0.2, -0.15) is 0 Å². The number of carbonyl (C=O) groups is 2. The summed E-state index contributed by atoms with van der Waals surface area (Å²) < 4.78 is 9.57. The van der Waals surface area contributed by atoms with Crippen LogP contribution in [0, 0.1) is 5.92 Å². The van der Waals surface area contributed by atoms with Crippen molar-refractivity contribution in [1.29, 1.82) is 0 Å². The van der Waals surface area contributed by atoms with E-state index in [9.17, 15) is 19.5 Å². The van der Waals surface area contributed by atoms with E-state index in [1.54, 1.807) is 23.2 Å². The molecule has 0 spiro atoms. The number of nitrogens with zero attached hydrogens (tertiary/aromatic N) is 5. The zero-order valence-corrected chi connectivity index (χ0v) is 27.3. The van der Waals surface area contributed by atoms with Gasteiger partial charge in [0.15, 0.2) is 5.65 Å². The highest BCUT2D eigenvalue weighted by molar-refractivity contribution is 7.18. The number of amides is 2. The molecule has 45 heavy (non-hydrogen) atoms. The number of thiophene rings is 1. The number of ether oxygens (including phenoxy) is 1. The molecule has 1 aromatic carbocycles. The Labute approximate surface area is 270 Å². The maximum absolute atomic E-state index is 14.0. The average molecular weight is 652 g/mol. The first-order chi connectivity index (χ1) is 21.4. The van der Waals surface area contributed by atoms with Gasteiger partial charge in [-0.15, -0.1) is 11.3 Å². The van der Waals surface area contributed by atoms with Gasteiger partial charge in [-0.05, 0) is 63.8 Å². The van der Waals surface area contributed by atoms with E-state index in [0.29, 0.717) is 60.8 Å². The third-order valence-corrected chi connectivity index (χ3v) is 9.98. The minimum atomic E-state index is -1.15. The van der Waals surface area contributed by atoms with Crippen molar-refractivity contribution in [3.8, 4) is 5.00 Å². The molecule has 0 unspecified atom stereocenters. The van der Waals surface area contributed by atoms with E-state index in [4.69, 9.17) is 16.3 Å². The molecule has 2 saturated heterocycles. The molecule has 2 aliphatic heterocycles. The summed E-state index contributed by atoms with van der Waals surface area (Å²) >= 11 is 7.50. The predicted molar refractivity (Wildman–Crippen MR) is 174 cm³/mol. The highest BCUT2D eigenvalue weighted by Crippen LogP contribution is 2.36. The number of hydrogen-bond donors (Lipinski definition) is 1. The van der Waals surface area contributed by atoms with E-state index < -0.39 is 11.2 Å². The van der Waals surface area contributed by atoms with Crippen LogP contribution in [-0.2, 0) is 16.1 Å². The fraction of sp³-hybridized carbons (Fsp3) is 0.455. The Bertz CT molecular complexity index is 1750. The van der Waals surface area contributed by atoms with Gasteiger partial charge in [0.25, 0.3) is 5.56 Å². The second kappa shape index (κ2) is 12.3. The van der Waals surface area contributed by atoms with Gasteiger partial charge in [0.2, 0.25) is 5.91 Å². The fourth-order valence-corrected chi connectivity index (χ4v) is 7.43. The molecule has 2 atom stereocenters. The van der Waals surface area contributed by atoms with Gasteiger partial charge in [-0.25, -0.2) is 9.78 Å². The Balaban J connectivity index is 1.13. The molecule has 10 nitrogen and oxygen atoms in total.